The Morgan fingerprint density at radius 2 is 1.59 bits per heavy atom. The third-order valence-corrected chi connectivity index (χ3v) is 5.15. The number of amides is 2. The van der Waals surface area contributed by atoms with Crippen molar-refractivity contribution in [2.24, 2.45) is 0 Å². The lowest BCUT2D eigenvalue weighted by atomic mass is 10.0. The van der Waals surface area contributed by atoms with Crippen molar-refractivity contribution in [3.63, 3.8) is 0 Å². The molecule has 6 nitrogen and oxygen atoms in total. The highest BCUT2D eigenvalue weighted by Crippen LogP contribution is 2.19. The standard InChI is InChI=1S/C23H28N2O4/c1-17(2)18-7-9-20(10-8-18)29-16-22(26)24-11-13-25(14-12-24)23(27)19-5-4-6-21(15-19)28-3/h4-10,15,17H,11-14,16H2,1-3H3. The van der Waals surface area contributed by atoms with E-state index < -0.39 is 0 Å². The van der Waals surface area contributed by atoms with Crippen LogP contribution in [-0.4, -0.2) is 61.5 Å². The first-order chi connectivity index (χ1) is 14.0. The lowest BCUT2D eigenvalue weighted by Crippen LogP contribution is -2.51. The van der Waals surface area contributed by atoms with Gasteiger partial charge in [-0.2, -0.15) is 0 Å². The zero-order valence-electron chi connectivity index (χ0n) is 17.3. The molecule has 3 rings (SSSR count). The van der Waals surface area contributed by atoms with Gasteiger partial charge in [0, 0.05) is 31.7 Å². The number of rotatable bonds is 6. The Hall–Kier alpha value is -3.02. The molecule has 1 fully saturated rings. The summed E-state index contributed by atoms with van der Waals surface area (Å²) in [5.74, 6) is 1.70. The van der Waals surface area contributed by atoms with Crippen LogP contribution >= 0.6 is 0 Å². The predicted octanol–water partition coefficient (Wildman–Crippen LogP) is 3.18. The van der Waals surface area contributed by atoms with Gasteiger partial charge in [0.05, 0.1) is 7.11 Å². The Morgan fingerprint density at radius 3 is 2.21 bits per heavy atom. The van der Waals surface area contributed by atoms with E-state index in [1.807, 2.05) is 30.3 Å². The third-order valence-electron chi connectivity index (χ3n) is 5.15. The van der Waals surface area contributed by atoms with Crippen LogP contribution in [0.4, 0.5) is 0 Å². The van der Waals surface area contributed by atoms with Crippen LogP contribution in [0.5, 0.6) is 11.5 Å². The summed E-state index contributed by atoms with van der Waals surface area (Å²) in [5.41, 5.74) is 1.83. The molecular formula is C23H28N2O4. The average Bonchev–Trinajstić information content (AvgIpc) is 2.77. The highest BCUT2D eigenvalue weighted by atomic mass is 16.5. The van der Waals surface area contributed by atoms with E-state index in [0.29, 0.717) is 49.2 Å². The smallest absolute Gasteiger partial charge is 0.260 e. The number of methoxy groups -OCH3 is 1. The molecule has 2 aromatic rings. The van der Waals surface area contributed by atoms with Gasteiger partial charge in [0.2, 0.25) is 0 Å². The third kappa shape index (κ3) is 5.28. The molecule has 2 amide bonds. The van der Waals surface area contributed by atoms with Crippen LogP contribution in [0.3, 0.4) is 0 Å². The number of hydrogen-bond donors (Lipinski definition) is 0. The van der Waals surface area contributed by atoms with Crippen molar-refractivity contribution in [2.75, 3.05) is 39.9 Å². The first-order valence-electron chi connectivity index (χ1n) is 9.92. The lowest BCUT2D eigenvalue weighted by molar-refractivity contribution is -0.134. The summed E-state index contributed by atoms with van der Waals surface area (Å²) in [7, 11) is 1.58. The summed E-state index contributed by atoms with van der Waals surface area (Å²) in [6.45, 7) is 6.30. The van der Waals surface area contributed by atoms with Crippen molar-refractivity contribution in [1.82, 2.24) is 9.80 Å². The number of benzene rings is 2. The SMILES string of the molecule is COc1cccc(C(=O)N2CCN(C(=O)COc3ccc(C(C)C)cc3)CC2)c1. The van der Waals surface area contributed by atoms with Gasteiger partial charge in [-0.25, -0.2) is 0 Å². The maximum Gasteiger partial charge on any atom is 0.260 e. The Morgan fingerprint density at radius 1 is 0.931 bits per heavy atom. The van der Waals surface area contributed by atoms with Crippen LogP contribution in [0.15, 0.2) is 48.5 Å². The largest absolute Gasteiger partial charge is 0.497 e. The Balaban J connectivity index is 1.48. The topological polar surface area (TPSA) is 59.1 Å². The Kier molecular flexibility index (Phi) is 6.75. The molecule has 1 heterocycles. The molecule has 29 heavy (non-hydrogen) atoms. The first kappa shape index (κ1) is 20.7. The molecule has 154 valence electrons. The molecular weight excluding hydrogens is 368 g/mol. The van der Waals surface area contributed by atoms with Gasteiger partial charge in [0.1, 0.15) is 11.5 Å². The molecule has 0 N–H and O–H groups in total. The fourth-order valence-corrected chi connectivity index (χ4v) is 3.28. The van der Waals surface area contributed by atoms with Crippen LogP contribution in [-0.2, 0) is 4.79 Å². The first-order valence-corrected chi connectivity index (χ1v) is 9.92. The molecule has 0 saturated carbocycles. The molecule has 0 atom stereocenters. The summed E-state index contributed by atoms with van der Waals surface area (Å²) in [4.78, 5) is 28.6. The van der Waals surface area contributed by atoms with Gasteiger partial charge in [-0.3, -0.25) is 9.59 Å². The van der Waals surface area contributed by atoms with Gasteiger partial charge in [-0.1, -0.05) is 32.0 Å². The van der Waals surface area contributed by atoms with E-state index in [4.69, 9.17) is 9.47 Å². The number of carbonyl (C=O) groups is 2. The summed E-state index contributed by atoms with van der Waals surface area (Å²) < 4.78 is 10.8. The van der Waals surface area contributed by atoms with Crippen molar-refractivity contribution in [1.29, 1.82) is 0 Å². The van der Waals surface area contributed by atoms with E-state index in [-0.39, 0.29) is 18.4 Å². The van der Waals surface area contributed by atoms with Gasteiger partial charge in [-0.15, -0.1) is 0 Å². The fourth-order valence-electron chi connectivity index (χ4n) is 3.28. The minimum absolute atomic E-state index is 0.00482. The number of piperazine rings is 1. The summed E-state index contributed by atoms with van der Waals surface area (Å²) >= 11 is 0. The molecule has 1 aliphatic heterocycles. The molecule has 2 aromatic carbocycles. The minimum Gasteiger partial charge on any atom is -0.497 e. The van der Waals surface area contributed by atoms with Crippen molar-refractivity contribution in [3.05, 3.63) is 59.7 Å². The van der Waals surface area contributed by atoms with E-state index in [1.165, 1.54) is 5.56 Å². The number of ether oxygens (including phenoxy) is 2. The van der Waals surface area contributed by atoms with E-state index in [1.54, 1.807) is 35.1 Å². The van der Waals surface area contributed by atoms with Gasteiger partial charge in [0.25, 0.3) is 11.8 Å². The van der Waals surface area contributed by atoms with Crippen LogP contribution < -0.4 is 9.47 Å². The zero-order chi connectivity index (χ0) is 20.8. The van der Waals surface area contributed by atoms with Crippen molar-refractivity contribution in [2.45, 2.75) is 19.8 Å². The van der Waals surface area contributed by atoms with Gasteiger partial charge >= 0.3 is 0 Å². The van der Waals surface area contributed by atoms with E-state index in [0.717, 1.165) is 0 Å². The van der Waals surface area contributed by atoms with Crippen LogP contribution in [0.1, 0.15) is 35.7 Å². The molecule has 1 aliphatic rings. The normalized spacial score (nSPS) is 14.1. The molecule has 0 radical (unpaired) electrons. The minimum atomic E-state index is -0.0635. The highest BCUT2D eigenvalue weighted by molar-refractivity contribution is 5.94. The second kappa shape index (κ2) is 9.45. The van der Waals surface area contributed by atoms with E-state index >= 15 is 0 Å². The van der Waals surface area contributed by atoms with E-state index in [9.17, 15) is 9.59 Å². The van der Waals surface area contributed by atoms with Crippen LogP contribution in [0, 0.1) is 0 Å². The molecule has 0 aliphatic carbocycles. The number of carbonyl (C=O) groups excluding carboxylic acids is 2. The maximum atomic E-state index is 12.7. The second-order valence-electron chi connectivity index (χ2n) is 7.42. The fraction of sp³-hybridized carbons (Fsp3) is 0.391. The molecule has 0 aromatic heterocycles. The molecule has 0 unspecified atom stereocenters. The maximum absolute atomic E-state index is 12.7. The van der Waals surface area contributed by atoms with Crippen molar-refractivity contribution < 1.29 is 19.1 Å². The molecule has 1 saturated heterocycles. The van der Waals surface area contributed by atoms with Crippen LogP contribution in [0.2, 0.25) is 0 Å². The van der Waals surface area contributed by atoms with Gasteiger partial charge in [0.15, 0.2) is 6.61 Å². The zero-order valence-corrected chi connectivity index (χ0v) is 17.3. The predicted molar refractivity (Wildman–Crippen MR) is 112 cm³/mol. The lowest BCUT2D eigenvalue weighted by Gasteiger charge is -2.34. The van der Waals surface area contributed by atoms with Crippen molar-refractivity contribution >= 4 is 11.8 Å². The summed E-state index contributed by atoms with van der Waals surface area (Å²) in [5, 5.41) is 0. The van der Waals surface area contributed by atoms with Gasteiger partial charge < -0.3 is 19.3 Å². The van der Waals surface area contributed by atoms with Gasteiger partial charge in [-0.05, 0) is 41.8 Å². The molecule has 0 bridgehead atoms. The Bertz CT molecular complexity index is 840. The Labute approximate surface area is 172 Å². The highest BCUT2D eigenvalue weighted by Gasteiger charge is 2.25. The summed E-state index contributed by atoms with van der Waals surface area (Å²) in [6.07, 6.45) is 0. The number of nitrogens with zero attached hydrogens (tertiary/aromatic N) is 2. The average molecular weight is 396 g/mol. The second-order valence-corrected chi connectivity index (χ2v) is 7.42. The number of hydrogen-bond acceptors (Lipinski definition) is 4. The van der Waals surface area contributed by atoms with E-state index in [2.05, 4.69) is 13.8 Å². The van der Waals surface area contributed by atoms with Crippen molar-refractivity contribution in [3.8, 4) is 11.5 Å². The summed E-state index contributed by atoms with van der Waals surface area (Å²) in [6, 6.07) is 15.0. The molecule has 6 heteroatoms. The monoisotopic (exact) mass is 396 g/mol. The molecule has 0 spiro atoms. The van der Waals surface area contributed by atoms with Crippen LogP contribution in [0.25, 0.3) is 0 Å². The quantitative estimate of drug-likeness (QED) is 0.753.